The van der Waals surface area contributed by atoms with Crippen LogP contribution in [0.1, 0.15) is 49.7 Å². The first-order chi connectivity index (χ1) is 13.3. The van der Waals surface area contributed by atoms with Crippen LogP contribution in [0.2, 0.25) is 0 Å². The molecule has 142 valence electrons. The van der Waals surface area contributed by atoms with E-state index >= 15 is 0 Å². The van der Waals surface area contributed by atoms with Crippen LogP contribution in [-0.2, 0) is 11.8 Å². The van der Waals surface area contributed by atoms with Gasteiger partial charge in [-0.2, -0.15) is 0 Å². The van der Waals surface area contributed by atoms with Gasteiger partial charge < -0.3 is 15.4 Å². The number of piperidine rings is 1. The Hall–Kier alpha value is -1.76. The summed E-state index contributed by atoms with van der Waals surface area (Å²) in [5.41, 5.74) is 4.62. The fourth-order valence-electron chi connectivity index (χ4n) is 5.19. The fraction of sp³-hybridized carbons (Fsp3) is 0.583. The molecule has 5 rings (SSSR count). The SMILES string of the molecule is C1#CC(COc2ccc3c(c2)CCC32CC2NCC2CCNCC2)=CCC1. The zero-order chi connectivity index (χ0) is 18.1. The van der Waals surface area contributed by atoms with E-state index < -0.39 is 0 Å². The highest BCUT2D eigenvalue weighted by Gasteiger charge is 2.57. The molecule has 1 saturated carbocycles. The molecule has 27 heavy (non-hydrogen) atoms. The molecule has 3 heteroatoms. The molecule has 1 aliphatic heterocycles. The maximum atomic E-state index is 6.02. The van der Waals surface area contributed by atoms with E-state index in [1.165, 1.54) is 57.3 Å². The Kier molecular flexibility index (Phi) is 4.71. The van der Waals surface area contributed by atoms with Gasteiger partial charge in [-0.1, -0.05) is 24.0 Å². The number of benzene rings is 1. The van der Waals surface area contributed by atoms with Crippen molar-refractivity contribution in [3.8, 4) is 17.6 Å². The molecule has 1 heterocycles. The Balaban J connectivity index is 1.19. The Morgan fingerprint density at radius 1 is 1.26 bits per heavy atom. The number of ether oxygens (including phenoxy) is 1. The first-order valence-electron chi connectivity index (χ1n) is 10.7. The first-order valence-corrected chi connectivity index (χ1v) is 10.7. The monoisotopic (exact) mass is 362 g/mol. The third-order valence-electron chi connectivity index (χ3n) is 6.94. The van der Waals surface area contributed by atoms with Crippen LogP contribution in [0.3, 0.4) is 0 Å². The smallest absolute Gasteiger partial charge is 0.121 e. The van der Waals surface area contributed by atoms with Crippen molar-refractivity contribution in [3.05, 3.63) is 41.0 Å². The lowest BCUT2D eigenvalue weighted by Gasteiger charge is -2.23. The molecule has 4 aliphatic rings. The predicted octanol–water partition coefficient (Wildman–Crippen LogP) is 3.33. The van der Waals surface area contributed by atoms with Crippen molar-refractivity contribution in [3.63, 3.8) is 0 Å². The van der Waals surface area contributed by atoms with E-state index in [-0.39, 0.29) is 0 Å². The van der Waals surface area contributed by atoms with Gasteiger partial charge in [0, 0.05) is 23.5 Å². The molecule has 1 saturated heterocycles. The van der Waals surface area contributed by atoms with Crippen LogP contribution in [0.25, 0.3) is 0 Å². The number of rotatable bonds is 6. The third-order valence-corrected chi connectivity index (χ3v) is 6.94. The molecule has 2 N–H and O–H groups in total. The van der Waals surface area contributed by atoms with Crippen LogP contribution in [0, 0.1) is 17.8 Å². The Bertz CT molecular complexity index is 796. The second kappa shape index (κ2) is 7.34. The fourth-order valence-corrected chi connectivity index (χ4v) is 5.19. The van der Waals surface area contributed by atoms with Crippen LogP contribution in [0.4, 0.5) is 0 Å². The minimum atomic E-state index is 0.415. The van der Waals surface area contributed by atoms with Crippen LogP contribution >= 0.6 is 0 Å². The van der Waals surface area contributed by atoms with Gasteiger partial charge in [0.2, 0.25) is 0 Å². The molecule has 2 unspecified atom stereocenters. The number of nitrogens with one attached hydrogen (secondary N) is 2. The normalized spacial score (nSPS) is 29.0. The summed E-state index contributed by atoms with van der Waals surface area (Å²) >= 11 is 0. The second-order valence-corrected chi connectivity index (χ2v) is 8.69. The molecule has 2 fully saturated rings. The molecule has 0 amide bonds. The van der Waals surface area contributed by atoms with Crippen molar-refractivity contribution in [2.24, 2.45) is 5.92 Å². The molecule has 3 nitrogen and oxygen atoms in total. The highest BCUT2D eigenvalue weighted by Crippen LogP contribution is 2.57. The Morgan fingerprint density at radius 2 is 2.19 bits per heavy atom. The number of allylic oxidation sites excluding steroid dienone is 1. The highest BCUT2D eigenvalue weighted by molar-refractivity contribution is 5.50. The van der Waals surface area contributed by atoms with Gasteiger partial charge in [0.1, 0.15) is 12.4 Å². The standard InChI is InChI=1S/C24H30N2O/c1-2-4-19(5-3-1)17-27-21-6-7-22-20(14-21)8-11-24(22)15-23(24)26-16-18-9-12-25-13-10-18/h4,6-7,14,18,23,25-26H,1-2,8-13,15-17H2. The minimum absolute atomic E-state index is 0.415. The summed E-state index contributed by atoms with van der Waals surface area (Å²) in [5, 5.41) is 7.37. The van der Waals surface area contributed by atoms with Gasteiger partial charge in [0.25, 0.3) is 0 Å². The van der Waals surface area contributed by atoms with Gasteiger partial charge in [0.05, 0.1) is 0 Å². The molecule has 3 aliphatic carbocycles. The Labute approximate surface area is 162 Å². The maximum absolute atomic E-state index is 6.02. The average Bonchev–Trinajstić information content (AvgIpc) is 3.32. The van der Waals surface area contributed by atoms with Gasteiger partial charge in [-0.15, -0.1) is 0 Å². The van der Waals surface area contributed by atoms with E-state index in [0.717, 1.165) is 30.1 Å². The second-order valence-electron chi connectivity index (χ2n) is 8.69. The van der Waals surface area contributed by atoms with Crippen molar-refractivity contribution in [1.82, 2.24) is 10.6 Å². The molecule has 1 spiro atoms. The minimum Gasteiger partial charge on any atom is -0.488 e. The first kappa shape index (κ1) is 17.3. The summed E-state index contributed by atoms with van der Waals surface area (Å²) in [4.78, 5) is 0. The van der Waals surface area contributed by atoms with E-state index in [2.05, 4.69) is 46.7 Å². The molecule has 0 radical (unpaired) electrons. The lowest BCUT2D eigenvalue weighted by molar-refractivity contribution is 0.351. The summed E-state index contributed by atoms with van der Waals surface area (Å²) in [6, 6.07) is 7.47. The van der Waals surface area contributed by atoms with Crippen molar-refractivity contribution >= 4 is 0 Å². The van der Waals surface area contributed by atoms with Crippen molar-refractivity contribution in [2.75, 3.05) is 26.2 Å². The van der Waals surface area contributed by atoms with Crippen LogP contribution in [0.15, 0.2) is 29.8 Å². The molecule has 1 aromatic rings. The molecule has 2 atom stereocenters. The summed E-state index contributed by atoms with van der Waals surface area (Å²) in [6.07, 6.45) is 10.7. The largest absolute Gasteiger partial charge is 0.488 e. The average molecular weight is 363 g/mol. The zero-order valence-corrected chi connectivity index (χ0v) is 16.2. The van der Waals surface area contributed by atoms with Gasteiger partial charge >= 0.3 is 0 Å². The van der Waals surface area contributed by atoms with Gasteiger partial charge in [-0.05, 0) is 87.3 Å². The quantitative estimate of drug-likeness (QED) is 0.762. The van der Waals surface area contributed by atoms with Crippen molar-refractivity contribution in [2.45, 2.75) is 56.4 Å². The van der Waals surface area contributed by atoms with E-state index in [0.29, 0.717) is 18.1 Å². The lowest BCUT2D eigenvalue weighted by atomic mass is 9.96. The number of hydrogen-bond donors (Lipinski definition) is 2. The van der Waals surface area contributed by atoms with E-state index in [9.17, 15) is 0 Å². The van der Waals surface area contributed by atoms with Gasteiger partial charge in [-0.3, -0.25) is 0 Å². The number of fused-ring (bicyclic) bond motifs is 2. The van der Waals surface area contributed by atoms with Crippen molar-refractivity contribution in [1.29, 1.82) is 0 Å². The van der Waals surface area contributed by atoms with E-state index in [1.54, 1.807) is 5.56 Å². The topological polar surface area (TPSA) is 33.3 Å². The van der Waals surface area contributed by atoms with E-state index in [4.69, 9.17) is 4.74 Å². The highest BCUT2D eigenvalue weighted by atomic mass is 16.5. The van der Waals surface area contributed by atoms with Crippen LogP contribution < -0.4 is 15.4 Å². The summed E-state index contributed by atoms with van der Waals surface area (Å²) < 4.78 is 6.02. The maximum Gasteiger partial charge on any atom is 0.121 e. The summed E-state index contributed by atoms with van der Waals surface area (Å²) in [7, 11) is 0. The van der Waals surface area contributed by atoms with Crippen LogP contribution in [-0.4, -0.2) is 32.3 Å². The van der Waals surface area contributed by atoms with Crippen molar-refractivity contribution < 1.29 is 4.74 Å². The third kappa shape index (κ3) is 3.53. The summed E-state index contributed by atoms with van der Waals surface area (Å²) in [5.74, 6) is 8.21. The Morgan fingerprint density at radius 3 is 3.04 bits per heavy atom. The molecule has 1 aromatic carbocycles. The number of hydrogen-bond acceptors (Lipinski definition) is 3. The molecular weight excluding hydrogens is 332 g/mol. The molecule has 0 bridgehead atoms. The molecule has 0 aromatic heterocycles. The molecular formula is C24H30N2O. The number of aryl methyl sites for hydroxylation is 1. The summed E-state index contributed by atoms with van der Waals surface area (Å²) in [6.45, 7) is 4.19. The van der Waals surface area contributed by atoms with Crippen LogP contribution in [0.5, 0.6) is 5.75 Å². The van der Waals surface area contributed by atoms with E-state index in [1.807, 2.05) is 0 Å². The predicted molar refractivity (Wildman–Crippen MR) is 109 cm³/mol. The zero-order valence-electron chi connectivity index (χ0n) is 16.2. The lowest BCUT2D eigenvalue weighted by Crippen LogP contribution is -2.35. The van der Waals surface area contributed by atoms with Gasteiger partial charge in [-0.25, -0.2) is 0 Å². The van der Waals surface area contributed by atoms with Gasteiger partial charge in [0.15, 0.2) is 0 Å².